The number of aliphatic hydroxyl groups is 2. The standard InChI is InChI=1S/C20H38O8/c1-3-19(13-21)15-27-17(19)11-25-9-7-23-5-6-24-8-10-26-12-18-20(4-2,14-22)16-28-18/h17-18,21-22H,3-16H2,1-2H3. The van der Waals surface area contributed by atoms with E-state index < -0.39 is 0 Å². The Kier molecular flexibility index (Phi) is 10.6. The number of aliphatic hydroxyl groups excluding tert-OH is 2. The van der Waals surface area contributed by atoms with Crippen LogP contribution in [0.5, 0.6) is 0 Å². The average molecular weight is 407 g/mol. The molecule has 2 aliphatic heterocycles. The fraction of sp³-hybridized carbons (Fsp3) is 1.00. The van der Waals surface area contributed by atoms with Gasteiger partial charge in [-0.05, 0) is 12.8 Å². The van der Waals surface area contributed by atoms with Crippen molar-refractivity contribution in [3.63, 3.8) is 0 Å². The summed E-state index contributed by atoms with van der Waals surface area (Å²) in [6.45, 7) is 9.64. The van der Waals surface area contributed by atoms with Gasteiger partial charge in [-0.25, -0.2) is 0 Å². The second-order valence-corrected chi connectivity index (χ2v) is 7.72. The quantitative estimate of drug-likeness (QED) is 0.340. The Morgan fingerprint density at radius 1 is 0.679 bits per heavy atom. The van der Waals surface area contributed by atoms with E-state index in [-0.39, 0.29) is 36.3 Å². The largest absolute Gasteiger partial charge is 0.396 e. The van der Waals surface area contributed by atoms with E-state index in [1.807, 2.05) is 0 Å². The molecule has 0 aromatic rings. The van der Waals surface area contributed by atoms with Gasteiger partial charge >= 0.3 is 0 Å². The summed E-state index contributed by atoms with van der Waals surface area (Å²) in [6, 6.07) is 0. The topological polar surface area (TPSA) is 95.8 Å². The van der Waals surface area contributed by atoms with E-state index >= 15 is 0 Å². The van der Waals surface area contributed by atoms with Gasteiger partial charge in [-0.15, -0.1) is 0 Å². The molecule has 2 saturated heterocycles. The number of hydrogen-bond acceptors (Lipinski definition) is 8. The minimum atomic E-state index is -0.127. The highest BCUT2D eigenvalue weighted by molar-refractivity contribution is 4.94. The van der Waals surface area contributed by atoms with Crippen LogP contribution < -0.4 is 0 Å². The van der Waals surface area contributed by atoms with Gasteiger partial charge in [0.15, 0.2) is 0 Å². The van der Waals surface area contributed by atoms with Crippen molar-refractivity contribution < 1.29 is 38.6 Å². The van der Waals surface area contributed by atoms with Crippen LogP contribution >= 0.6 is 0 Å². The van der Waals surface area contributed by atoms with Crippen LogP contribution in [-0.2, 0) is 28.4 Å². The molecule has 4 unspecified atom stereocenters. The lowest BCUT2D eigenvalue weighted by atomic mass is 9.77. The van der Waals surface area contributed by atoms with Crippen LogP contribution in [0.3, 0.4) is 0 Å². The summed E-state index contributed by atoms with van der Waals surface area (Å²) < 4.78 is 33.1. The summed E-state index contributed by atoms with van der Waals surface area (Å²) in [5, 5.41) is 18.9. The lowest BCUT2D eigenvalue weighted by Gasteiger charge is -2.47. The van der Waals surface area contributed by atoms with Gasteiger partial charge in [-0.2, -0.15) is 0 Å². The van der Waals surface area contributed by atoms with E-state index in [2.05, 4.69) is 13.8 Å². The Morgan fingerprint density at radius 3 is 1.29 bits per heavy atom. The van der Waals surface area contributed by atoms with Crippen molar-refractivity contribution in [1.82, 2.24) is 0 Å². The molecule has 2 heterocycles. The third-order valence-electron chi connectivity index (χ3n) is 6.20. The van der Waals surface area contributed by atoms with Gasteiger partial charge in [0, 0.05) is 10.8 Å². The third-order valence-corrected chi connectivity index (χ3v) is 6.20. The molecule has 0 spiro atoms. The van der Waals surface area contributed by atoms with E-state index in [4.69, 9.17) is 28.4 Å². The van der Waals surface area contributed by atoms with E-state index in [9.17, 15) is 10.2 Å². The smallest absolute Gasteiger partial charge is 0.0908 e. The molecular formula is C20H38O8. The van der Waals surface area contributed by atoms with Gasteiger partial charge < -0.3 is 38.6 Å². The molecule has 8 nitrogen and oxygen atoms in total. The van der Waals surface area contributed by atoms with Crippen LogP contribution in [0.4, 0.5) is 0 Å². The summed E-state index contributed by atoms with van der Waals surface area (Å²) in [5.74, 6) is 0. The molecule has 0 radical (unpaired) electrons. The summed E-state index contributed by atoms with van der Waals surface area (Å²) in [5.41, 5.74) is -0.255. The fourth-order valence-electron chi connectivity index (χ4n) is 3.44. The molecule has 2 fully saturated rings. The SMILES string of the molecule is CCC1(CO)COC1COCCOCCOCCOCC1OCC1(CC)CO. The van der Waals surface area contributed by atoms with E-state index in [1.54, 1.807) is 0 Å². The molecular weight excluding hydrogens is 368 g/mol. The molecule has 0 aromatic heterocycles. The average Bonchev–Trinajstić information content (AvgIpc) is 2.69. The predicted octanol–water partition coefficient (Wildman–Crippen LogP) is 0.628. The van der Waals surface area contributed by atoms with Gasteiger partial charge in [0.05, 0.1) is 91.5 Å². The molecule has 166 valence electrons. The Morgan fingerprint density at radius 2 is 1.04 bits per heavy atom. The van der Waals surface area contributed by atoms with Gasteiger partial charge in [-0.3, -0.25) is 0 Å². The second-order valence-electron chi connectivity index (χ2n) is 7.72. The van der Waals surface area contributed by atoms with Crippen molar-refractivity contribution in [3.05, 3.63) is 0 Å². The highest BCUT2D eigenvalue weighted by atomic mass is 16.6. The summed E-state index contributed by atoms with van der Waals surface area (Å²) in [6.07, 6.45) is 1.75. The van der Waals surface area contributed by atoms with Crippen molar-refractivity contribution >= 4 is 0 Å². The van der Waals surface area contributed by atoms with Gasteiger partial charge in [0.25, 0.3) is 0 Å². The number of rotatable bonds is 17. The molecule has 0 saturated carbocycles. The molecule has 4 atom stereocenters. The van der Waals surface area contributed by atoms with Crippen LogP contribution in [0.2, 0.25) is 0 Å². The van der Waals surface area contributed by atoms with Crippen LogP contribution in [-0.4, -0.2) is 102 Å². The highest BCUT2D eigenvalue weighted by Crippen LogP contribution is 2.38. The normalized spacial score (nSPS) is 32.1. The minimum Gasteiger partial charge on any atom is -0.396 e. The van der Waals surface area contributed by atoms with Crippen molar-refractivity contribution in [3.8, 4) is 0 Å². The lowest BCUT2D eigenvalue weighted by molar-refractivity contribution is -0.226. The molecule has 0 aromatic carbocycles. The Hall–Kier alpha value is -0.320. The number of hydrogen-bond donors (Lipinski definition) is 2. The zero-order valence-corrected chi connectivity index (χ0v) is 17.4. The van der Waals surface area contributed by atoms with Crippen molar-refractivity contribution in [1.29, 1.82) is 0 Å². The first-order chi connectivity index (χ1) is 13.7. The van der Waals surface area contributed by atoms with Crippen molar-refractivity contribution in [2.24, 2.45) is 10.8 Å². The maximum Gasteiger partial charge on any atom is 0.0908 e. The fourth-order valence-corrected chi connectivity index (χ4v) is 3.44. The third kappa shape index (κ3) is 6.09. The molecule has 8 heteroatoms. The predicted molar refractivity (Wildman–Crippen MR) is 102 cm³/mol. The van der Waals surface area contributed by atoms with Crippen LogP contribution in [0.25, 0.3) is 0 Å². The van der Waals surface area contributed by atoms with Gasteiger partial charge in [-0.1, -0.05) is 13.8 Å². The summed E-state index contributed by atoms with van der Waals surface area (Å²) in [4.78, 5) is 0. The molecule has 0 amide bonds. The summed E-state index contributed by atoms with van der Waals surface area (Å²) in [7, 11) is 0. The van der Waals surface area contributed by atoms with E-state index in [1.165, 1.54) is 0 Å². The first-order valence-corrected chi connectivity index (χ1v) is 10.4. The zero-order chi connectivity index (χ0) is 20.3. The zero-order valence-electron chi connectivity index (χ0n) is 17.4. The molecule has 28 heavy (non-hydrogen) atoms. The van der Waals surface area contributed by atoms with Crippen molar-refractivity contribution in [2.45, 2.75) is 38.9 Å². The summed E-state index contributed by atoms with van der Waals surface area (Å²) >= 11 is 0. The Balaban J connectivity index is 1.34. The molecule has 2 aliphatic rings. The van der Waals surface area contributed by atoms with Crippen LogP contribution in [0, 0.1) is 10.8 Å². The molecule has 2 N–H and O–H groups in total. The van der Waals surface area contributed by atoms with Gasteiger partial charge in [0.1, 0.15) is 0 Å². The Bertz CT molecular complexity index is 362. The first-order valence-electron chi connectivity index (χ1n) is 10.4. The van der Waals surface area contributed by atoms with E-state index in [0.29, 0.717) is 66.1 Å². The monoisotopic (exact) mass is 406 g/mol. The second kappa shape index (κ2) is 12.4. The number of ether oxygens (including phenoxy) is 6. The first kappa shape index (κ1) is 24.0. The van der Waals surface area contributed by atoms with Crippen molar-refractivity contribution in [2.75, 3.05) is 79.3 Å². The highest BCUT2D eigenvalue weighted by Gasteiger charge is 2.47. The maximum absolute atomic E-state index is 9.47. The molecule has 2 rings (SSSR count). The van der Waals surface area contributed by atoms with Gasteiger partial charge in [0.2, 0.25) is 0 Å². The maximum atomic E-state index is 9.47. The minimum absolute atomic E-state index is 0.0176. The lowest BCUT2D eigenvalue weighted by Crippen LogP contribution is -2.56. The molecule has 0 bridgehead atoms. The van der Waals surface area contributed by atoms with Crippen LogP contribution in [0.1, 0.15) is 26.7 Å². The van der Waals surface area contributed by atoms with Crippen LogP contribution in [0.15, 0.2) is 0 Å². The molecule has 0 aliphatic carbocycles. The Labute approximate surface area is 168 Å². The van der Waals surface area contributed by atoms with E-state index in [0.717, 1.165) is 12.8 Å².